The van der Waals surface area contributed by atoms with E-state index in [2.05, 4.69) is 41.1 Å². The molecule has 0 unspecified atom stereocenters. The summed E-state index contributed by atoms with van der Waals surface area (Å²) in [6.07, 6.45) is 1.58. The van der Waals surface area contributed by atoms with Crippen molar-refractivity contribution in [2.24, 2.45) is 5.10 Å². The minimum atomic E-state index is -0.479. The van der Waals surface area contributed by atoms with Gasteiger partial charge in [-0.05, 0) is 85.3 Å². The largest absolute Gasteiger partial charge is 0.488 e. The molecule has 0 aliphatic heterocycles. The maximum Gasteiger partial charge on any atom is 0.307 e. The summed E-state index contributed by atoms with van der Waals surface area (Å²) in [5.74, 6) is 1.48. The molecule has 0 atom stereocenters. The van der Waals surface area contributed by atoms with Crippen LogP contribution in [0.15, 0.2) is 119 Å². The molecule has 0 fully saturated rings. The van der Waals surface area contributed by atoms with Gasteiger partial charge in [-0.2, -0.15) is 5.10 Å². The zero-order valence-electron chi connectivity index (χ0n) is 24.3. The van der Waals surface area contributed by atoms with Crippen LogP contribution in [0.3, 0.4) is 0 Å². The quantitative estimate of drug-likeness (QED) is 0.126. The Balaban J connectivity index is 1.10. The molecule has 6 aromatic rings. The average molecular weight is 604 g/mol. The molecule has 4 aromatic carbocycles. The third kappa shape index (κ3) is 6.38. The molecule has 8 heteroatoms. The van der Waals surface area contributed by atoms with Crippen molar-refractivity contribution in [2.45, 2.75) is 27.1 Å². The lowest BCUT2D eigenvalue weighted by Gasteiger charge is -2.12. The van der Waals surface area contributed by atoms with E-state index in [9.17, 15) is 4.79 Å². The van der Waals surface area contributed by atoms with Gasteiger partial charge in [-0.15, -0.1) is 0 Å². The van der Waals surface area contributed by atoms with Gasteiger partial charge in [0.15, 0.2) is 5.76 Å². The van der Waals surface area contributed by atoms with E-state index in [1.807, 2.05) is 84.9 Å². The molecule has 44 heavy (non-hydrogen) atoms. The van der Waals surface area contributed by atoms with Gasteiger partial charge < -0.3 is 18.5 Å². The van der Waals surface area contributed by atoms with Crippen molar-refractivity contribution >= 4 is 34.5 Å². The number of aromatic nitrogens is 1. The molecule has 0 bridgehead atoms. The molecule has 2 heterocycles. The van der Waals surface area contributed by atoms with Crippen molar-refractivity contribution in [2.75, 3.05) is 0 Å². The van der Waals surface area contributed by atoms with Crippen LogP contribution in [0.5, 0.6) is 11.5 Å². The summed E-state index contributed by atoms with van der Waals surface area (Å²) in [4.78, 5) is 12.8. The first-order valence-electron chi connectivity index (χ1n) is 14.1. The fourth-order valence-corrected chi connectivity index (χ4v) is 5.21. The predicted octanol–water partition coefficient (Wildman–Crippen LogP) is 8.42. The summed E-state index contributed by atoms with van der Waals surface area (Å²) in [5, 5.41) is 6.81. The van der Waals surface area contributed by atoms with E-state index in [0.717, 1.165) is 27.6 Å². The molecule has 0 aliphatic rings. The topological polar surface area (TPSA) is 78.0 Å². The first kappa shape index (κ1) is 28.8. The zero-order chi connectivity index (χ0) is 30.5. The van der Waals surface area contributed by atoms with E-state index >= 15 is 0 Å². The molecule has 0 spiro atoms. The number of hydrogen-bond donors (Lipinski definition) is 1. The van der Waals surface area contributed by atoms with Gasteiger partial charge in [0.25, 0.3) is 0 Å². The maximum atomic E-state index is 12.8. The van der Waals surface area contributed by atoms with E-state index in [1.165, 1.54) is 11.4 Å². The number of benzene rings is 4. The second-order valence-corrected chi connectivity index (χ2v) is 10.7. The number of nitrogens with one attached hydrogen (secondary N) is 1. The Bertz CT molecular complexity index is 1940. The minimum absolute atomic E-state index is 0.128. The molecule has 0 radical (unpaired) electrons. The fraction of sp³-hybridized carbons (Fsp3) is 0.111. The smallest absolute Gasteiger partial charge is 0.307 e. The van der Waals surface area contributed by atoms with Gasteiger partial charge in [0, 0.05) is 33.2 Å². The molecule has 6 rings (SSSR count). The number of nitrogens with zero attached hydrogens (tertiary/aromatic N) is 2. The second-order valence-electron chi connectivity index (χ2n) is 10.3. The highest BCUT2D eigenvalue weighted by Gasteiger charge is 2.13. The van der Waals surface area contributed by atoms with E-state index in [-0.39, 0.29) is 12.4 Å². The van der Waals surface area contributed by atoms with Crippen LogP contribution in [0.4, 0.5) is 0 Å². The molecule has 220 valence electrons. The van der Waals surface area contributed by atoms with Crippen LogP contribution >= 0.6 is 11.6 Å². The number of ether oxygens (including phenoxy) is 2. The number of amides is 1. The van der Waals surface area contributed by atoms with Gasteiger partial charge in [-0.3, -0.25) is 4.79 Å². The van der Waals surface area contributed by atoms with Gasteiger partial charge in [-0.1, -0.05) is 60.1 Å². The van der Waals surface area contributed by atoms with Crippen molar-refractivity contribution in [3.05, 3.63) is 148 Å². The number of hydrazone groups is 1. The van der Waals surface area contributed by atoms with Gasteiger partial charge in [0.2, 0.25) is 0 Å². The number of halogens is 1. The van der Waals surface area contributed by atoms with Gasteiger partial charge in [0.1, 0.15) is 30.5 Å². The van der Waals surface area contributed by atoms with Crippen LogP contribution in [-0.2, 0) is 13.2 Å². The van der Waals surface area contributed by atoms with Crippen molar-refractivity contribution in [3.63, 3.8) is 0 Å². The number of fused-ring (bicyclic) bond motifs is 1. The Morgan fingerprint density at radius 2 is 1.59 bits per heavy atom. The molecule has 7 nitrogen and oxygen atoms in total. The number of rotatable bonds is 10. The first-order valence-corrected chi connectivity index (χ1v) is 14.5. The molecule has 1 N–H and O–H groups in total. The van der Waals surface area contributed by atoms with Crippen LogP contribution in [0.1, 0.15) is 38.8 Å². The van der Waals surface area contributed by atoms with Gasteiger partial charge in [-0.25, -0.2) is 5.43 Å². The highest BCUT2D eigenvalue weighted by Crippen LogP contribution is 2.28. The molecule has 2 aromatic heterocycles. The molecule has 0 saturated heterocycles. The summed E-state index contributed by atoms with van der Waals surface area (Å²) in [6.45, 7) is 4.62. The Morgan fingerprint density at radius 3 is 2.39 bits per heavy atom. The second kappa shape index (κ2) is 12.9. The molecule has 1 amide bonds. The molecular formula is C36H30ClN3O4. The number of furan rings is 1. The van der Waals surface area contributed by atoms with Crippen molar-refractivity contribution in [3.8, 4) is 17.2 Å². The standard InChI is InChI=1S/C36H30ClN3O4/c1-24-11-12-25(2)40(24)28-14-16-29(17-15-28)42-23-30-18-20-35(44-30)36(41)39-38-21-32-31-9-5-3-7-26(31)13-19-34(32)43-22-27-8-4-6-10-33(27)37/h3-21H,22-23H2,1-2H3,(H,39,41)/b38-21+. The summed E-state index contributed by atoms with van der Waals surface area (Å²) >= 11 is 6.32. The van der Waals surface area contributed by atoms with Crippen molar-refractivity contribution in [1.82, 2.24) is 9.99 Å². The number of carbonyl (C=O) groups is 1. The minimum Gasteiger partial charge on any atom is -0.488 e. The Kier molecular flexibility index (Phi) is 8.48. The predicted molar refractivity (Wildman–Crippen MR) is 173 cm³/mol. The highest BCUT2D eigenvalue weighted by molar-refractivity contribution is 6.31. The fourth-order valence-electron chi connectivity index (χ4n) is 5.02. The summed E-state index contributed by atoms with van der Waals surface area (Å²) in [6, 6.07) is 34.7. The zero-order valence-corrected chi connectivity index (χ0v) is 25.0. The number of aryl methyl sites for hydroxylation is 2. The SMILES string of the molecule is Cc1ccc(C)n1-c1ccc(OCc2ccc(C(=O)N/N=C/c3c(OCc4ccccc4Cl)ccc4ccccc34)o2)cc1. The van der Waals surface area contributed by atoms with Gasteiger partial charge >= 0.3 is 5.91 Å². The lowest BCUT2D eigenvalue weighted by Crippen LogP contribution is -2.17. The van der Waals surface area contributed by atoms with Crippen molar-refractivity contribution in [1.29, 1.82) is 0 Å². The normalized spacial score (nSPS) is 11.2. The Hall–Kier alpha value is -5.27. The molecule has 0 aliphatic carbocycles. The van der Waals surface area contributed by atoms with E-state index < -0.39 is 5.91 Å². The van der Waals surface area contributed by atoms with Crippen LogP contribution < -0.4 is 14.9 Å². The van der Waals surface area contributed by atoms with E-state index in [0.29, 0.717) is 28.9 Å². The third-order valence-corrected chi connectivity index (χ3v) is 7.63. The summed E-state index contributed by atoms with van der Waals surface area (Å²) in [7, 11) is 0. The van der Waals surface area contributed by atoms with Crippen LogP contribution in [0.25, 0.3) is 16.5 Å². The highest BCUT2D eigenvalue weighted by atomic mass is 35.5. The summed E-state index contributed by atoms with van der Waals surface area (Å²) in [5.41, 5.74) is 7.56. The summed E-state index contributed by atoms with van der Waals surface area (Å²) < 4.78 is 19.9. The first-order chi connectivity index (χ1) is 21.5. The maximum absolute atomic E-state index is 12.8. The monoisotopic (exact) mass is 603 g/mol. The lowest BCUT2D eigenvalue weighted by atomic mass is 10.0. The van der Waals surface area contributed by atoms with Crippen LogP contribution in [-0.4, -0.2) is 16.7 Å². The number of carbonyl (C=O) groups excluding carboxylic acids is 1. The van der Waals surface area contributed by atoms with E-state index in [4.69, 9.17) is 25.5 Å². The lowest BCUT2D eigenvalue weighted by molar-refractivity contribution is 0.0923. The van der Waals surface area contributed by atoms with Crippen LogP contribution in [0.2, 0.25) is 5.02 Å². The van der Waals surface area contributed by atoms with E-state index in [1.54, 1.807) is 18.3 Å². The van der Waals surface area contributed by atoms with Crippen LogP contribution in [0, 0.1) is 13.8 Å². The number of hydrogen-bond acceptors (Lipinski definition) is 5. The molecule has 0 saturated carbocycles. The third-order valence-electron chi connectivity index (χ3n) is 7.26. The average Bonchev–Trinajstić information content (AvgIpc) is 3.66. The van der Waals surface area contributed by atoms with Crippen molar-refractivity contribution < 1.29 is 18.7 Å². The van der Waals surface area contributed by atoms with Gasteiger partial charge in [0.05, 0.1) is 6.21 Å². The Morgan fingerprint density at radius 1 is 0.841 bits per heavy atom. The Labute approximate surface area is 260 Å². The molecular weight excluding hydrogens is 574 g/mol.